The molecule has 2 N–H and O–H groups in total. The van der Waals surface area contributed by atoms with Crippen LogP contribution >= 0.6 is 0 Å². The van der Waals surface area contributed by atoms with E-state index in [1.54, 1.807) is 30.3 Å². The van der Waals surface area contributed by atoms with Gasteiger partial charge in [0.1, 0.15) is 0 Å². The smallest absolute Gasteiger partial charge is 0.252 e. The van der Waals surface area contributed by atoms with Crippen LogP contribution in [-0.4, -0.2) is 25.7 Å². The first kappa shape index (κ1) is 17.4. The normalized spacial score (nSPS) is 11.7. The van der Waals surface area contributed by atoms with E-state index in [0.29, 0.717) is 30.0 Å². The second-order valence-corrected chi connectivity index (χ2v) is 7.98. The summed E-state index contributed by atoms with van der Waals surface area (Å²) in [6, 6.07) is 17.9. The zero-order valence-electron chi connectivity index (χ0n) is 13.7. The van der Waals surface area contributed by atoms with Gasteiger partial charge in [0.15, 0.2) is 9.84 Å². The van der Waals surface area contributed by atoms with Crippen molar-refractivity contribution in [3.63, 3.8) is 0 Å². The number of nitrogens with one attached hydrogen (secondary N) is 2. The topological polar surface area (TPSA) is 79.0 Å². The summed E-state index contributed by atoms with van der Waals surface area (Å²) >= 11 is 0. The highest BCUT2D eigenvalue weighted by Gasteiger charge is 2.12. The van der Waals surface area contributed by atoms with Crippen LogP contribution in [0.15, 0.2) is 70.4 Å². The van der Waals surface area contributed by atoms with E-state index < -0.39 is 9.84 Å². The second kappa shape index (κ2) is 7.63. The summed E-state index contributed by atoms with van der Waals surface area (Å²) < 4.78 is 24.4. The molecule has 0 atom stereocenters. The summed E-state index contributed by atoms with van der Waals surface area (Å²) in [6.45, 7) is 0.934. The van der Waals surface area contributed by atoms with Crippen LogP contribution in [0.2, 0.25) is 0 Å². The van der Waals surface area contributed by atoms with Crippen LogP contribution in [0.5, 0.6) is 0 Å². The first-order chi connectivity index (χ1) is 12.1. The van der Waals surface area contributed by atoms with Gasteiger partial charge < -0.3 is 10.3 Å². The van der Waals surface area contributed by atoms with Crippen molar-refractivity contribution in [1.82, 2.24) is 10.3 Å². The van der Waals surface area contributed by atoms with Gasteiger partial charge in [0.05, 0.1) is 10.6 Å². The monoisotopic (exact) mass is 356 g/mol. The molecule has 0 radical (unpaired) electrons. The molecule has 3 rings (SSSR count). The number of hydrogen-bond acceptors (Lipinski definition) is 4. The summed E-state index contributed by atoms with van der Waals surface area (Å²) in [5, 5.41) is 4.12. The Labute approximate surface area is 146 Å². The molecule has 0 saturated carbocycles. The lowest BCUT2D eigenvalue weighted by atomic mass is 10.1. The number of benzene rings is 2. The van der Waals surface area contributed by atoms with Crippen molar-refractivity contribution < 1.29 is 8.42 Å². The van der Waals surface area contributed by atoms with Crippen LogP contribution in [0.4, 0.5) is 0 Å². The van der Waals surface area contributed by atoms with Gasteiger partial charge in [0.25, 0.3) is 5.56 Å². The largest absolute Gasteiger partial charge is 0.322 e. The highest BCUT2D eigenvalue weighted by atomic mass is 32.2. The Morgan fingerprint density at radius 3 is 2.48 bits per heavy atom. The minimum absolute atomic E-state index is 0.0814. The van der Waals surface area contributed by atoms with E-state index in [-0.39, 0.29) is 11.3 Å². The minimum Gasteiger partial charge on any atom is -0.322 e. The summed E-state index contributed by atoms with van der Waals surface area (Å²) in [5.41, 5.74) is 1.33. The predicted octanol–water partition coefficient (Wildman–Crippen LogP) is 2.48. The number of aromatic amines is 1. The van der Waals surface area contributed by atoms with E-state index in [4.69, 9.17) is 0 Å². The molecule has 0 unspecified atom stereocenters. The van der Waals surface area contributed by atoms with Gasteiger partial charge in [-0.05, 0) is 42.6 Å². The summed E-state index contributed by atoms with van der Waals surface area (Å²) in [5.74, 6) is 0.0814. The van der Waals surface area contributed by atoms with Gasteiger partial charge in [-0.1, -0.05) is 36.4 Å². The van der Waals surface area contributed by atoms with Gasteiger partial charge >= 0.3 is 0 Å². The van der Waals surface area contributed by atoms with Crippen molar-refractivity contribution >= 4 is 20.7 Å². The quantitative estimate of drug-likeness (QED) is 0.638. The van der Waals surface area contributed by atoms with Crippen LogP contribution in [-0.2, 0) is 16.4 Å². The molecular weight excluding hydrogens is 336 g/mol. The van der Waals surface area contributed by atoms with Gasteiger partial charge in [-0.15, -0.1) is 0 Å². The fraction of sp³-hybridized carbons (Fsp3) is 0.211. The van der Waals surface area contributed by atoms with E-state index in [1.165, 1.54) is 0 Å². The number of H-pyrrole nitrogens is 1. The molecule has 0 fully saturated rings. The highest BCUT2D eigenvalue weighted by Crippen LogP contribution is 2.11. The maximum absolute atomic E-state index is 12.2. The van der Waals surface area contributed by atoms with Crippen molar-refractivity contribution in [1.29, 1.82) is 0 Å². The SMILES string of the molecule is O=c1[nH]c2ccccc2cc1CNCCCS(=O)(=O)c1ccccc1. The van der Waals surface area contributed by atoms with E-state index in [9.17, 15) is 13.2 Å². The number of para-hydroxylation sites is 1. The van der Waals surface area contributed by atoms with Gasteiger partial charge in [-0.3, -0.25) is 4.79 Å². The van der Waals surface area contributed by atoms with Crippen molar-refractivity contribution in [2.45, 2.75) is 17.9 Å². The summed E-state index contributed by atoms with van der Waals surface area (Å²) in [7, 11) is -3.25. The molecule has 0 aliphatic rings. The second-order valence-electron chi connectivity index (χ2n) is 5.87. The number of sulfone groups is 1. The molecular formula is C19H20N2O3S. The summed E-state index contributed by atoms with van der Waals surface area (Å²) in [4.78, 5) is 15.3. The fourth-order valence-corrected chi connectivity index (χ4v) is 4.01. The maximum atomic E-state index is 12.2. The Balaban J connectivity index is 1.54. The predicted molar refractivity (Wildman–Crippen MR) is 99.4 cm³/mol. The molecule has 1 aromatic heterocycles. The average Bonchev–Trinajstić information content (AvgIpc) is 2.62. The third-order valence-electron chi connectivity index (χ3n) is 4.01. The first-order valence-corrected chi connectivity index (χ1v) is 9.81. The molecule has 0 aliphatic carbocycles. The lowest BCUT2D eigenvalue weighted by Crippen LogP contribution is -2.23. The number of rotatable bonds is 7. The third kappa shape index (κ3) is 4.35. The number of pyridine rings is 1. The maximum Gasteiger partial charge on any atom is 0.252 e. The van der Waals surface area contributed by atoms with Crippen molar-refractivity contribution in [3.05, 3.63) is 76.6 Å². The Morgan fingerprint density at radius 1 is 0.960 bits per heavy atom. The lowest BCUT2D eigenvalue weighted by Gasteiger charge is -2.07. The van der Waals surface area contributed by atoms with Crippen LogP contribution in [0.3, 0.4) is 0 Å². The molecule has 0 amide bonds. The average molecular weight is 356 g/mol. The van der Waals surface area contributed by atoms with Gasteiger partial charge in [0, 0.05) is 17.6 Å². The Bertz CT molecular complexity index is 1010. The highest BCUT2D eigenvalue weighted by molar-refractivity contribution is 7.91. The fourth-order valence-electron chi connectivity index (χ4n) is 2.68. The Kier molecular flexibility index (Phi) is 5.31. The van der Waals surface area contributed by atoms with Crippen molar-refractivity contribution in [2.75, 3.05) is 12.3 Å². The van der Waals surface area contributed by atoms with Crippen molar-refractivity contribution in [3.8, 4) is 0 Å². The third-order valence-corrected chi connectivity index (χ3v) is 5.83. The van der Waals surface area contributed by atoms with Gasteiger partial charge in [-0.25, -0.2) is 8.42 Å². The molecule has 6 heteroatoms. The van der Waals surface area contributed by atoms with Crippen molar-refractivity contribution in [2.24, 2.45) is 0 Å². The molecule has 1 heterocycles. The Hall–Kier alpha value is -2.44. The molecule has 0 aliphatic heterocycles. The van der Waals surface area contributed by atoms with E-state index in [2.05, 4.69) is 10.3 Å². The standard InChI is InChI=1S/C19H20N2O3S/c22-19-16(13-15-7-4-5-10-18(15)21-19)14-20-11-6-12-25(23,24)17-8-2-1-3-9-17/h1-5,7-10,13,20H,6,11-12,14H2,(H,21,22). The number of fused-ring (bicyclic) bond motifs is 1. The minimum atomic E-state index is -3.25. The molecule has 0 spiro atoms. The molecule has 2 aromatic carbocycles. The van der Waals surface area contributed by atoms with Crippen LogP contribution in [0.25, 0.3) is 10.9 Å². The van der Waals surface area contributed by atoms with E-state index >= 15 is 0 Å². The number of aromatic nitrogens is 1. The molecule has 0 bridgehead atoms. The molecule has 5 nitrogen and oxygen atoms in total. The van der Waals surface area contributed by atoms with E-state index in [0.717, 1.165) is 10.9 Å². The van der Waals surface area contributed by atoms with Gasteiger partial charge in [0.2, 0.25) is 0 Å². The molecule has 3 aromatic rings. The van der Waals surface area contributed by atoms with Crippen LogP contribution in [0.1, 0.15) is 12.0 Å². The Morgan fingerprint density at radius 2 is 1.68 bits per heavy atom. The summed E-state index contributed by atoms with van der Waals surface area (Å²) in [6.07, 6.45) is 0.489. The van der Waals surface area contributed by atoms with E-state index in [1.807, 2.05) is 30.3 Å². The van der Waals surface area contributed by atoms with Crippen LogP contribution < -0.4 is 10.9 Å². The molecule has 25 heavy (non-hydrogen) atoms. The molecule has 130 valence electrons. The van der Waals surface area contributed by atoms with Gasteiger partial charge in [-0.2, -0.15) is 0 Å². The lowest BCUT2D eigenvalue weighted by molar-refractivity contribution is 0.588. The first-order valence-electron chi connectivity index (χ1n) is 8.16. The zero-order chi connectivity index (χ0) is 17.7. The zero-order valence-corrected chi connectivity index (χ0v) is 14.6. The number of hydrogen-bond donors (Lipinski definition) is 2. The van der Waals surface area contributed by atoms with Crippen LogP contribution in [0, 0.1) is 0 Å². The molecule has 0 saturated heterocycles.